The minimum Gasteiger partial charge on any atom is -0.333 e. The van der Waals surface area contributed by atoms with Gasteiger partial charge in [0.15, 0.2) is 0 Å². The van der Waals surface area contributed by atoms with Crippen molar-refractivity contribution in [2.75, 3.05) is 7.05 Å². The second kappa shape index (κ2) is 64.3. The van der Waals surface area contributed by atoms with Crippen LogP contribution in [0.4, 0.5) is 0 Å². The molecule has 0 saturated heterocycles. The summed E-state index contributed by atoms with van der Waals surface area (Å²) < 4.78 is 0. The number of nitrogens with two attached hydrogens (primary N) is 1. The molecule has 0 rings (SSSR count). The Labute approximate surface area is 41.2 Å². The molecule has 0 aliphatic carbocycles. The first-order valence-corrected chi connectivity index (χ1v) is 0.577. The zero-order valence-electron chi connectivity index (χ0n) is 1.96. The summed E-state index contributed by atoms with van der Waals surface area (Å²) in [6.07, 6.45) is 0. The maximum Gasteiger partial charge on any atom is 0 e. The number of hydrogen-bond donors (Lipinski definition) is 1. The molecule has 0 aliphatic rings. The first-order valence-electron chi connectivity index (χ1n) is 0.577. The van der Waals surface area contributed by atoms with Gasteiger partial charge in [0.25, 0.3) is 0 Å². The zero-order valence-corrected chi connectivity index (χ0v) is 4.67. The molecule has 0 aromatic rings. The Kier molecular flexibility index (Phi) is 371. The van der Waals surface area contributed by atoms with Crippen molar-refractivity contribution in [3.05, 3.63) is 0 Å². The SMILES string of the molecule is C.CN.[Re]. The van der Waals surface area contributed by atoms with Gasteiger partial charge in [-0.3, -0.25) is 0 Å². The first-order chi connectivity index (χ1) is 1.00. The molecule has 0 fully saturated rings. The Morgan fingerprint density at radius 3 is 1.25 bits per heavy atom. The second-order valence-electron chi connectivity index (χ2n) is 0. The van der Waals surface area contributed by atoms with E-state index in [4.69, 9.17) is 0 Å². The van der Waals surface area contributed by atoms with Crippen LogP contribution in [0.2, 0.25) is 0 Å². The molecule has 0 atom stereocenters. The Morgan fingerprint density at radius 2 is 1.25 bits per heavy atom. The van der Waals surface area contributed by atoms with Gasteiger partial charge >= 0.3 is 0 Å². The average Bonchev–Trinajstić information content (AvgIpc) is 1.00. The molecule has 0 aromatic heterocycles. The van der Waals surface area contributed by atoms with E-state index in [1.807, 2.05) is 0 Å². The van der Waals surface area contributed by atoms with Crippen LogP contribution in [-0.2, 0) is 20.4 Å². The smallest absolute Gasteiger partial charge is 0 e. The minimum atomic E-state index is 0. The fourth-order valence-corrected chi connectivity index (χ4v) is 0. The molecule has 1 nitrogen and oxygen atoms in total. The molecule has 0 aromatic carbocycles. The van der Waals surface area contributed by atoms with Crippen LogP contribution in [0.5, 0.6) is 0 Å². The Balaban J connectivity index is -0.00000000500. The molecule has 0 amide bonds. The van der Waals surface area contributed by atoms with Gasteiger partial charge in [0.1, 0.15) is 0 Å². The van der Waals surface area contributed by atoms with Crippen molar-refractivity contribution in [2.24, 2.45) is 5.73 Å². The Hall–Kier alpha value is 0.622. The van der Waals surface area contributed by atoms with Crippen LogP contribution in [-0.4, -0.2) is 7.05 Å². The van der Waals surface area contributed by atoms with E-state index in [1.54, 1.807) is 0 Å². The van der Waals surface area contributed by atoms with Gasteiger partial charge in [0.05, 0.1) is 0 Å². The first kappa shape index (κ1) is 23.0. The van der Waals surface area contributed by atoms with E-state index < -0.39 is 0 Å². The molecule has 2 N–H and O–H groups in total. The molecule has 0 unspecified atom stereocenters. The summed E-state index contributed by atoms with van der Waals surface area (Å²) in [5.74, 6) is 0. The topological polar surface area (TPSA) is 26.0 Å². The van der Waals surface area contributed by atoms with E-state index in [0.29, 0.717) is 0 Å². The van der Waals surface area contributed by atoms with E-state index in [-0.39, 0.29) is 27.8 Å². The fourth-order valence-electron chi connectivity index (χ4n) is 0. The van der Waals surface area contributed by atoms with Crippen molar-refractivity contribution >= 4 is 0 Å². The van der Waals surface area contributed by atoms with Crippen molar-refractivity contribution < 1.29 is 20.4 Å². The molecule has 2 heteroatoms. The molecule has 0 spiro atoms. The fraction of sp³-hybridized carbons (Fsp3) is 1.00. The van der Waals surface area contributed by atoms with Gasteiger partial charge in [-0.25, -0.2) is 0 Å². The molecule has 29 valence electrons. The van der Waals surface area contributed by atoms with Crippen LogP contribution in [0.1, 0.15) is 7.43 Å². The van der Waals surface area contributed by atoms with E-state index in [0.717, 1.165) is 0 Å². The van der Waals surface area contributed by atoms with Gasteiger partial charge in [-0.05, 0) is 7.05 Å². The van der Waals surface area contributed by atoms with E-state index in [2.05, 4.69) is 5.73 Å². The summed E-state index contributed by atoms with van der Waals surface area (Å²) in [4.78, 5) is 0. The third-order valence-electron chi connectivity index (χ3n) is 0. The minimum absolute atomic E-state index is 0. The molecule has 4 heavy (non-hydrogen) atoms. The predicted octanol–water partition coefficient (Wildman–Crippen LogP) is 0.209. The van der Waals surface area contributed by atoms with Gasteiger partial charge in [0, 0.05) is 20.4 Å². The average molecular weight is 233 g/mol. The molecule has 0 aliphatic heterocycles. The summed E-state index contributed by atoms with van der Waals surface area (Å²) in [5.41, 5.74) is 4.50. The normalized spacial score (nSPS) is 1.50. The third-order valence-corrected chi connectivity index (χ3v) is 0. The molecule has 1 radical (unpaired) electrons. The Bertz CT molecular complexity index is 6.00. The molecular weight excluding hydrogens is 224 g/mol. The second-order valence-corrected chi connectivity index (χ2v) is 0. The largest absolute Gasteiger partial charge is 0.333 e. The summed E-state index contributed by atoms with van der Waals surface area (Å²) in [6.45, 7) is 0. The third kappa shape index (κ3) is 17.8. The van der Waals surface area contributed by atoms with E-state index in [1.165, 1.54) is 7.05 Å². The van der Waals surface area contributed by atoms with Crippen molar-refractivity contribution in [1.29, 1.82) is 0 Å². The summed E-state index contributed by atoms with van der Waals surface area (Å²) in [5, 5.41) is 0. The molecule has 0 saturated carbocycles. The van der Waals surface area contributed by atoms with Gasteiger partial charge in [-0.2, -0.15) is 0 Å². The quantitative estimate of drug-likeness (QED) is 0.636. The summed E-state index contributed by atoms with van der Waals surface area (Å²) in [6, 6.07) is 0. The Morgan fingerprint density at radius 1 is 1.25 bits per heavy atom. The van der Waals surface area contributed by atoms with E-state index in [9.17, 15) is 0 Å². The van der Waals surface area contributed by atoms with Crippen LogP contribution in [0.3, 0.4) is 0 Å². The van der Waals surface area contributed by atoms with Gasteiger partial charge < -0.3 is 5.73 Å². The van der Waals surface area contributed by atoms with Crippen LogP contribution in [0.15, 0.2) is 0 Å². The maximum atomic E-state index is 4.50. The van der Waals surface area contributed by atoms with Crippen molar-refractivity contribution in [1.82, 2.24) is 0 Å². The van der Waals surface area contributed by atoms with Crippen molar-refractivity contribution in [3.8, 4) is 0 Å². The molecule has 0 bridgehead atoms. The standard InChI is InChI=1S/CH5N.CH4.Re/c1-2;;/h2H2,1H3;1H4;. The van der Waals surface area contributed by atoms with Crippen LogP contribution in [0, 0.1) is 0 Å². The van der Waals surface area contributed by atoms with Gasteiger partial charge in [0.2, 0.25) is 0 Å². The predicted molar refractivity (Wildman–Crippen MR) is 16.8 cm³/mol. The van der Waals surface area contributed by atoms with Crippen molar-refractivity contribution in [3.63, 3.8) is 0 Å². The van der Waals surface area contributed by atoms with Gasteiger partial charge in [-0.15, -0.1) is 0 Å². The number of hydrogen-bond acceptors (Lipinski definition) is 1. The van der Waals surface area contributed by atoms with Crippen LogP contribution >= 0.6 is 0 Å². The van der Waals surface area contributed by atoms with Crippen molar-refractivity contribution in [2.45, 2.75) is 7.43 Å². The number of rotatable bonds is 0. The monoisotopic (exact) mass is 234 g/mol. The summed E-state index contributed by atoms with van der Waals surface area (Å²) in [7, 11) is 1.50. The molecular formula is C2H9NRe. The van der Waals surface area contributed by atoms with E-state index >= 15 is 0 Å². The molecule has 0 heterocycles. The van der Waals surface area contributed by atoms with Crippen LogP contribution < -0.4 is 5.73 Å². The van der Waals surface area contributed by atoms with Gasteiger partial charge in [-0.1, -0.05) is 7.43 Å². The maximum absolute atomic E-state index is 4.50. The van der Waals surface area contributed by atoms with Crippen LogP contribution in [0.25, 0.3) is 0 Å². The summed E-state index contributed by atoms with van der Waals surface area (Å²) >= 11 is 0. The zero-order chi connectivity index (χ0) is 2.00.